The third-order valence-corrected chi connectivity index (χ3v) is 3.85. The zero-order chi connectivity index (χ0) is 12.8. The van der Waals surface area contributed by atoms with Gasteiger partial charge in [-0.25, -0.2) is 4.72 Å². The van der Waals surface area contributed by atoms with E-state index in [9.17, 15) is 8.42 Å². The summed E-state index contributed by atoms with van der Waals surface area (Å²) in [5, 5.41) is 0. The molecular weight excluding hydrogens is 226 g/mol. The maximum Gasteiger partial charge on any atom is 0.277 e. The van der Waals surface area contributed by atoms with Gasteiger partial charge in [0.25, 0.3) is 10.2 Å². The number of rotatable bonds is 8. The van der Waals surface area contributed by atoms with E-state index in [0.29, 0.717) is 31.8 Å². The first-order valence-electron chi connectivity index (χ1n) is 5.73. The van der Waals surface area contributed by atoms with Gasteiger partial charge in [-0.15, -0.1) is 0 Å². The normalized spacial score (nSPS) is 16.4. The highest BCUT2D eigenvalue weighted by molar-refractivity contribution is 7.87. The van der Waals surface area contributed by atoms with Crippen LogP contribution in [-0.2, 0) is 10.2 Å². The molecule has 6 heteroatoms. The van der Waals surface area contributed by atoms with Crippen molar-refractivity contribution in [1.29, 1.82) is 0 Å². The molecule has 0 saturated heterocycles. The highest BCUT2D eigenvalue weighted by Gasteiger charge is 2.26. The minimum Gasteiger partial charge on any atom is -0.330 e. The maximum atomic E-state index is 11.7. The lowest BCUT2D eigenvalue weighted by Gasteiger charge is -2.29. The summed E-state index contributed by atoms with van der Waals surface area (Å²) in [5.74, 6) is 0.291. The first-order chi connectivity index (χ1) is 7.24. The molecule has 0 radical (unpaired) electrons. The molecule has 1 atom stereocenters. The van der Waals surface area contributed by atoms with Gasteiger partial charge < -0.3 is 5.73 Å². The quantitative estimate of drug-likeness (QED) is 0.590. The van der Waals surface area contributed by atoms with Crippen LogP contribution in [0.4, 0.5) is 0 Å². The molecule has 1 unspecified atom stereocenters. The molecule has 0 saturated carbocycles. The molecule has 16 heavy (non-hydrogen) atoms. The molecule has 0 bridgehead atoms. The fourth-order valence-corrected chi connectivity index (χ4v) is 2.78. The van der Waals surface area contributed by atoms with Crippen molar-refractivity contribution in [3.05, 3.63) is 0 Å². The van der Waals surface area contributed by atoms with E-state index in [1.807, 2.05) is 27.7 Å². The second-order valence-corrected chi connectivity index (χ2v) is 6.30. The minimum absolute atomic E-state index is 0.291. The van der Waals surface area contributed by atoms with E-state index in [-0.39, 0.29) is 0 Å². The highest BCUT2D eigenvalue weighted by Crippen LogP contribution is 2.14. The Morgan fingerprint density at radius 2 is 1.94 bits per heavy atom. The van der Waals surface area contributed by atoms with Crippen molar-refractivity contribution in [2.75, 3.05) is 13.1 Å². The lowest BCUT2D eigenvalue weighted by Crippen LogP contribution is -2.51. The van der Waals surface area contributed by atoms with Gasteiger partial charge >= 0.3 is 0 Å². The SMILES string of the molecule is CCC(C)(CCN)NS(=O)(=O)NCC(C)C. The molecule has 0 rings (SSSR count). The zero-order valence-corrected chi connectivity index (χ0v) is 11.5. The van der Waals surface area contributed by atoms with Gasteiger partial charge in [-0.3, -0.25) is 0 Å². The maximum absolute atomic E-state index is 11.7. The highest BCUT2D eigenvalue weighted by atomic mass is 32.2. The van der Waals surface area contributed by atoms with E-state index in [1.54, 1.807) is 0 Å². The largest absolute Gasteiger partial charge is 0.330 e. The fourth-order valence-electron chi connectivity index (χ4n) is 1.26. The van der Waals surface area contributed by atoms with Crippen LogP contribution < -0.4 is 15.2 Å². The van der Waals surface area contributed by atoms with Crippen molar-refractivity contribution in [1.82, 2.24) is 9.44 Å². The van der Waals surface area contributed by atoms with Crippen LogP contribution in [0.25, 0.3) is 0 Å². The van der Waals surface area contributed by atoms with Crippen molar-refractivity contribution in [2.45, 2.75) is 46.1 Å². The molecule has 0 aliphatic heterocycles. The Bertz CT molecular complexity index is 290. The number of nitrogens with two attached hydrogens (primary N) is 1. The molecule has 0 heterocycles. The molecule has 5 nitrogen and oxygen atoms in total. The van der Waals surface area contributed by atoms with Gasteiger partial charge in [-0.05, 0) is 32.2 Å². The Morgan fingerprint density at radius 1 is 1.38 bits per heavy atom. The van der Waals surface area contributed by atoms with Crippen LogP contribution in [-0.4, -0.2) is 27.0 Å². The van der Waals surface area contributed by atoms with E-state index in [1.165, 1.54) is 0 Å². The summed E-state index contributed by atoms with van der Waals surface area (Å²) in [5.41, 5.74) is 5.02. The molecule has 0 aromatic heterocycles. The summed E-state index contributed by atoms with van der Waals surface area (Å²) in [7, 11) is -3.42. The van der Waals surface area contributed by atoms with E-state index in [0.717, 1.165) is 0 Å². The van der Waals surface area contributed by atoms with Gasteiger partial charge in [-0.1, -0.05) is 20.8 Å². The number of hydrogen-bond acceptors (Lipinski definition) is 3. The second-order valence-electron chi connectivity index (χ2n) is 4.80. The van der Waals surface area contributed by atoms with Gasteiger partial charge in [0.15, 0.2) is 0 Å². The minimum atomic E-state index is -3.42. The van der Waals surface area contributed by atoms with E-state index in [4.69, 9.17) is 5.73 Å². The van der Waals surface area contributed by atoms with Crippen molar-refractivity contribution in [3.63, 3.8) is 0 Å². The predicted octanol–water partition coefficient (Wildman–Crippen LogP) is 0.584. The van der Waals surface area contributed by atoms with Crippen LogP contribution in [0.1, 0.15) is 40.5 Å². The summed E-state index contributed by atoms with van der Waals surface area (Å²) in [6, 6.07) is 0. The average molecular weight is 251 g/mol. The summed E-state index contributed by atoms with van der Waals surface area (Å²) in [6.07, 6.45) is 1.35. The first kappa shape index (κ1) is 15.8. The van der Waals surface area contributed by atoms with Crippen molar-refractivity contribution in [2.24, 2.45) is 11.7 Å². The lowest BCUT2D eigenvalue weighted by atomic mass is 9.96. The van der Waals surface area contributed by atoms with Gasteiger partial charge in [-0.2, -0.15) is 13.1 Å². The zero-order valence-electron chi connectivity index (χ0n) is 10.7. The van der Waals surface area contributed by atoms with Crippen LogP contribution in [0.5, 0.6) is 0 Å². The summed E-state index contributed by atoms with van der Waals surface area (Å²) in [4.78, 5) is 0. The number of nitrogens with one attached hydrogen (secondary N) is 2. The van der Waals surface area contributed by atoms with E-state index >= 15 is 0 Å². The molecule has 0 aliphatic carbocycles. The molecule has 0 amide bonds. The standard InChI is InChI=1S/C10H25N3O2S/c1-5-10(4,6-7-11)13-16(14,15)12-8-9(2)3/h9,12-13H,5-8,11H2,1-4H3. The van der Waals surface area contributed by atoms with Gasteiger partial charge in [0.2, 0.25) is 0 Å². The van der Waals surface area contributed by atoms with E-state index < -0.39 is 15.7 Å². The number of hydrogen-bond donors (Lipinski definition) is 3. The Kier molecular flexibility index (Phi) is 6.47. The van der Waals surface area contributed by atoms with Crippen LogP contribution >= 0.6 is 0 Å². The second kappa shape index (κ2) is 6.54. The Hall–Kier alpha value is -0.170. The molecule has 0 aliphatic rings. The van der Waals surface area contributed by atoms with Crippen LogP contribution in [0.2, 0.25) is 0 Å². The Labute approximate surface area is 99.4 Å². The van der Waals surface area contributed by atoms with E-state index in [2.05, 4.69) is 9.44 Å². The Morgan fingerprint density at radius 3 is 2.31 bits per heavy atom. The molecule has 0 fully saturated rings. The Balaban J connectivity index is 4.43. The van der Waals surface area contributed by atoms with Crippen LogP contribution in [0.15, 0.2) is 0 Å². The molecule has 0 aromatic rings. The van der Waals surface area contributed by atoms with Crippen LogP contribution in [0.3, 0.4) is 0 Å². The summed E-state index contributed by atoms with van der Waals surface area (Å²) in [6.45, 7) is 8.65. The van der Waals surface area contributed by atoms with Crippen molar-refractivity contribution in [3.8, 4) is 0 Å². The van der Waals surface area contributed by atoms with Gasteiger partial charge in [0, 0.05) is 12.1 Å². The van der Waals surface area contributed by atoms with Crippen molar-refractivity contribution < 1.29 is 8.42 Å². The van der Waals surface area contributed by atoms with Gasteiger partial charge in [0.05, 0.1) is 0 Å². The topological polar surface area (TPSA) is 84.2 Å². The molecule has 0 aromatic carbocycles. The molecular formula is C10H25N3O2S. The molecule has 4 N–H and O–H groups in total. The fraction of sp³-hybridized carbons (Fsp3) is 1.00. The summed E-state index contributed by atoms with van der Waals surface area (Å²) < 4.78 is 28.6. The first-order valence-corrected chi connectivity index (χ1v) is 7.21. The van der Waals surface area contributed by atoms with Gasteiger partial charge in [0.1, 0.15) is 0 Å². The molecule has 0 spiro atoms. The molecule has 98 valence electrons. The lowest BCUT2D eigenvalue weighted by molar-refractivity contribution is 0.375. The third-order valence-electron chi connectivity index (χ3n) is 2.54. The predicted molar refractivity (Wildman–Crippen MR) is 67.3 cm³/mol. The monoisotopic (exact) mass is 251 g/mol. The van der Waals surface area contributed by atoms with Crippen LogP contribution in [0, 0.1) is 5.92 Å². The third kappa shape index (κ3) is 6.42. The smallest absolute Gasteiger partial charge is 0.277 e. The van der Waals surface area contributed by atoms with Crippen molar-refractivity contribution >= 4 is 10.2 Å². The summed E-state index contributed by atoms with van der Waals surface area (Å²) >= 11 is 0. The average Bonchev–Trinajstić information content (AvgIpc) is 2.15.